The molecule has 2 heterocycles. The number of nitrogens with one attached hydrogen (secondary N) is 2. The van der Waals surface area contributed by atoms with Crippen LogP contribution in [0.2, 0.25) is 0 Å². The summed E-state index contributed by atoms with van der Waals surface area (Å²) in [5, 5.41) is 6.23. The highest BCUT2D eigenvalue weighted by Crippen LogP contribution is 2.26. The summed E-state index contributed by atoms with van der Waals surface area (Å²) in [5.74, 6) is 1.47. The van der Waals surface area contributed by atoms with E-state index in [-0.39, 0.29) is 30.3 Å². The second-order valence-corrected chi connectivity index (χ2v) is 6.61. The molecule has 0 aromatic heterocycles. The molecule has 2 aliphatic rings. The van der Waals surface area contributed by atoms with Crippen LogP contribution in [0, 0.1) is 18.8 Å². The van der Waals surface area contributed by atoms with Gasteiger partial charge < -0.3 is 20.1 Å². The fraction of sp³-hybridized carbons (Fsp3) is 0.611. The van der Waals surface area contributed by atoms with Crippen LogP contribution in [0.25, 0.3) is 0 Å². The quantitative estimate of drug-likeness (QED) is 0.853. The Hall–Kier alpha value is -1.30. The van der Waals surface area contributed by atoms with Gasteiger partial charge in [0, 0.05) is 24.4 Å². The van der Waals surface area contributed by atoms with E-state index in [1.165, 1.54) is 0 Å². The topological polar surface area (TPSA) is 59.6 Å². The molecule has 2 saturated heterocycles. The summed E-state index contributed by atoms with van der Waals surface area (Å²) in [4.78, 5) is 12.3. The Morgan fingerprint density at radius 2 is 2.04 bits per heavy atom. The molecule has 1 aromatic carbocycles. The van der Waals surface area contributed by atoms with Gasteiger partial charge in [0.15, 0.2) is 0 Å². The average molecular weight is 355 g/mol. The third-order valence-electron chi connectivity index (χ3n) is 4.84. The van der Waals surface area contributed by atoms with E-state index in [9.17, 15) is 4.79 Å². The molecular weight excluding hydrogens is 328 g/mol. The largest absolute Gasteiger partial charge is 0.490 e. The highest BCUT2D eigenvalue weighted by molar-refractivity contribution is 5.92. The lowest BCUT2D eigenvalue weighted by Crippen LogP contribution is -2.48. The molecule has 24 heavy (non-hydrogen) atoms. The Balaban J connectivity index is 0.00000208. The highest BCUT2D eigenvalue weighted by Gasteiger charge is 2.28. The minimum atomic E-state index is 0. The van der Waals surface area contributed by atoms with Gasteiger partial charge in [0.05, 0.1) is 13.2 Å². The van der Waals surface area contributed by atoms with Gasteiger partial charge >= 0.3 is 0 Å². The van der Waals surface area contributed by atoms with Gasteiger partial charge in [-0.1, -0.05) is 6.92 Å². The lowest BCUT2D eigenvalue weighted by atomic mass is 9.88. The van der Waals surface area contributed by atoms with Crippen LogP contribution in [0.1, 0.15) is 25.3 Å². The number of carbonyl (C=O) groups is 1. The van der Waals surface area contributed by atoms with Crippen molar-refractivity contribution in [1.82, 2.24) is 5.32 Å². The zero-order chi connectivity index (χ0) is 16.2. The zero-order valence-electron chi connectivity index (χ0n) is 14.3. The molecule has 134 valence electrons. The van der Waals surface area contributed by atoms with Gasteiger partial charge in [0.2, 0.25) is 5.91 Å². The Morgan fingerprint density at radius 3 is 2.62 bits per heavy atom. The first kappa shape index (κ1) is 19.0. The van der Waals surface area contributed by atoms with Crippen LogP contribution in [0.4, 0.5) is 5.69 Å². The lowest BCUT2D eigenvalue weighted by molar-refractivity contribution is -0.121. The van der Waals surface area contributed by atoms with Gasteiger partial charge in [0.25, 0.3) is 0 Å². The minimum Gasteiger partial charge on any atom is -0.490 e. The van der Waals surface area contributed by atoms with Gasteiger partial charge in [-0.25, -0.2) is 0 Å². The first-order valence-electron chi connectivity index (χ1n) is 8.50. The number of rotatable bonds is 5. The van der Waals surface area contributed by atoms with E-state index >= 15 is 0 Å². The van der Waals surface area contributed by atoms with Gasteiger partial charge in [-0.2, -0.15) is 0 Å². The van der Waals surface area contributed by atoms with Gasteiger partial charge in [-0.05, 0) is 49.7 Å². The fourth-order valence-corrected chi connectivity index (χ4v) is 2.97. The summed E-state index contributed by atoms with van der Waals surface area (Å²) >= 11 is 0. The maximum Gasteiger partial charge on any atom is 0.227 e. The molecule has 0 radical (unpaired) electrons. The van der Waals surface area contributed by atoms with E-state index in [0.717, 1.165) is 56.1 Å². The van der Waals surface area contributed by atoms with Gasteiger partial charge in [0.1, 0.15) is 11.9 Å². The molecule has 1 amide bonds. The molecule has 0 aliphatic carbocycles. The summed E-state index contributed by atoms with van der Waals surface area (Å²) < 4.78 is 11.4. The molecule has 1 atom stereocenters. The molecule has 1 aromatic rings. The molecule has 5 nitrogen and oxygen atoms in total. The van der Waals surface area contributed by atoms with Crippen molar-refractivity contribution in [1.29, 1.82) is 0 Å². The molecule has 3 rings (SSSR count). The predicted molar refractivity (Wildman–Crippen MR) is 97.0 cm³/mol. The van der Waals surface area contributed by atoms with Crippen molar-refractivity contribution in [3.8, 4) is 5.75 Å². The van der Waals surface area contributed by atoms with Crippen LogP contribution in [0.3, 0.4) is 0 Å². The van der Waals surface area contributed by atoms with Crippen molar-refractivity contribution in [2.75, 3.05) is 31.6 Å². The first-order valence-corrected chi connectivity index (χ1v) is 8.50. The summed E-state index contributed by atoms with van der Waals surface area (Å²) in [6.45, 7) is 7.43. The second-order valence-electron chi connectivity index (χ2n) is 6.61. The third kappa shape index (κ3) is 4.62. The number of hydrogen-bond acceptors (Lipinski definition) is 4. The maximum atomic E-state index is 12.3. The SMILES string of the molecule is Cc1cc(NC(=O)C(C)C2CNC2)ccc1OC1CCOCC1.Cl. The van der Waals surface area contributed by atoms with Crippen LogP contribution in [-0.2, 0) is 9.53 Å². The van der Waals surface area contributed by atoms with E-state index in [1.54, 1.807) is 0 Å². The van der Waals surface area contributed by atoms with Crippen molar-refractivity contribution >= 4 is 24.0 Å². The molecule has 1 unspecified atom stereocenters. The average Bonchev–Trinajstić information content (AvgIpc) is 2.49. The Kier molecular flexibility index (Phi) is 6.90. The van der Waals surface area contributed by atoms with Crippen molar-refractivity contribution < 1.29 is 14.3 Å². The molecular formula is C18H27ClN2O3. The van der Waals surface area contributed by atoms with Gasteiger partial charge in [-0.3, -0.25) is 4.79 Å². The molecule has 0 saturated carbocycles. The number of carbonyl (C=O) groups excluding carboxylic acids is 1. The number of hydrogen-bond donors (Lipinski definition) is 2. The molecule has 0 bridgehead atoms. The van der Waals surface area contributed by atoms with E-state index in [1.807, 2.05) is 32.0 Å². The number of ether oxygens (including phenoxy) is 2. The first-order chi connectivity index (χ1) is 11.1. The van der Waals surface area contributed by atoms with Crippen LogP contribution < -0.4 is 15.4 Å². The van der Waals surface area contributed by atoms with E-state index in [2.05, 4.69) is 10.6 Å². The predicted octanol–water partition coefficient (Wildman–Crippen LogP) is 2.77. The smallest absolute Gasteiger partial charge is 0.227 e. The second kappa shape index (κ2) is 8.70. The summed E-state index contributed by atoms with van der Waals surface area (Å²) in [7, 11) is 0. The van der Waals surface area contributed by atoms with E-state index in [4.69, 9.17) is 9.47 Å². The van der Waals surface area contributed by atoms with Gasteiger partial charge in [-0.15, -0.1) is 12.4 Å². The zero-order valence-corrected chi connectivity index (χ0v) is 15.2. The molecule has 2 fully saturated rings. The Bertz CT molecular complexity index is 557. The third-order valence-corrected chi connectivity index (χ3v) is 4.84. The number of aryl methyl sites for hydroxylation is 1. The Morgan fingerprint density at radius 1 is 1.33 bits per heavy atom. The number of halogens is 1. The van der Waals surface area contributed by atoms with Crippen molar-refractivity contribution in [3.63, 3.8) is 0 Å². The minimum absolute atomic E-state index is 0. The summed E-state index contributed by atoms with van der Waals surface area (Å²) in [5.41, 5.74) is 1.89. The van der Waals surface area contributed by atoms with Crippen molar-refractivity contribution in [2.45, 2.75) is 32.8 Å². The summed E-state index contributed by atoms with van der Waals surface area (Å²) in [6.07, 6.45) is 2.10. The van der Waals surface area contributed by atoms with Crippen LogP contribution in [0.15, 0.2) is 18.2 Å². The summed E-state index contributed by atoms with van der Waals surface area (Å²) in [6, 6.07) is 5.86. The number of amides is 1. The lowest BCUT2D eigenvalue weighted by Gasteiger charge is -2.31. The van der Waals surface area contributed by atoms with Crippen molar-refractivity contribution in [3.05, 3.63) is 23.8 Å². The molecule has 6 heteroatoms. The molecule has 2 N–H and O–H groups in total. The normalized spacial score (nSPS) is 19.8. The van der Waals surface area contributed by atoms with E-state index < -0.39 is 0 Å². The van der Waals surface area contributed by atoms with Crippen LogP contribution in [0.5, 0.6) is 5.75 Å². The standard InChI is InChI=1S/C18H26N2O3.ClH/c1-12-9-15(20-18(21)13(2)14-10-19-11-14)3-4-17(12)23-16-5-7-22-8-6-16;/h3-4,9,13-14,16,19H,5-8,10-11H2,1-2H3,(H,20,21);1H. The van der Waals surface area contributed by atoms with Crippen molar-refractivity contribution in [2.24, 2.45) is 11.8 Å². The molecule has 0 spiro atoms. The molecule has 2 aliphatic heterocycles. The number of benzene rings is 1. The van der Waals surface area contributed by atoms with E-state index in [0.29, 0.717) is 5.92 Å². The monoisotopic (exact) mass is 354 g/mol. The number of anilines is 1. The highest BCUT2D eigenvalue weighted by atomic mass is 35.5. The fourth-order valence-electron chi connectivity index (χ4n) is 2.97. The van der Waals surface area contributed by atoms with Crippen LogP contribution >= 0.6 is 12.4 Å². The Labute approximate surface area is 149 Å². The maximum absolute atomic E-state index is 12.3. The van der Waals surface area contributed by atoms with Crippen LogP contribution in [-0.4, -0.2) is 38.3 Å².